The molecule has 1 aromatic rings. The Kier molecular flexibility index (Phi) is 12.3. The molecule has 1 heterocycles. The second kappa shape index (κ2) is 14.1. The van der Waals surface area contributed by atoms with E-state index in [1.807, 2.05) is 25.1 Å². The Labute approximate surface area is 190 Å². The van der Waals surface area contributed by atoms with Gasteiger partial charge in [0, 0.05) is 46.4 Å². The maximum Gasteiger partial charge on any atom is 0.234 e. The first-order chi connectivity index (χ1) is 13.7. The quantitative estimate of drug-likeness (QED) is 0.233. The summed E-state index contributed by atoms with van der Waals surface area (Å²) < 4.78 is 4.94. The summed E-state index contributed by atoms with van der Waals surface area (Å²) in [6.45, 7) is 8.10. The van der Waals surface area contributed by atoms with E-state index in [-0.39, 0.29) is 29.9 Å². The van der Waals surface area contributed by atoms with Crippen LogP contribution in [0.3, 0.4) is 0 Å². The van der Waals surface area contributed by atoms with Crippen molar-refractivity contribution in [2.75, 3.05) is 59.5 Å². The zero-order valence-electron chi connectivity index (χ0n) is 17.2. The number of rotatable bonds is 8. The molecule has 0 radical (unpaired) electrons. The van der Waals surface area contributed by atoms with Crippen LogP contribution in [0.25, 0.3) is 0 Å². The van der Waals surface area contributed by atoms with Crippen LogP contribution >= 0.6 is 24.0 Å². The number of carbonyl (C=O) groups excluding carboxylic acids is 1. The van der Waals surface area contributed by atoms with E-state index in [4.69, 9.17) is 15.0 Å². The Bertz CT molecular complexity index is 698. The van der Waals surface area contributed by atoms with Gasteiger partial charge in [0.15, 0.2) is 5.96 Å². The van der Waals surface area contributed by atoms with Gasteiger partial charge in [-0.1, -0.05) is 12.1 Å². The molecule has 160 valence electrons. The van der Waals surface area contributed by atoms with E-state index < -0.39 is 0 Å². The molecular weight excluding hydrogens is 483 g/mol. The summed E-state index contributed by atoms with van der Waals surface area (Å²) in [5.41, 5.74) is 1.66. The second-order valence-corrected chi connectivity index (χ2v) is 6.59. The molecule has 0 aromatic heterocycles. The zero-order chi connectivity index (χ0) is 20.2. The number of halogens is 1. The number of nitrogens with zero attached hydrogens (tertiary/aromatic N) is 4. The molecule has 1 aliphatic heterocycles. The van der Waals surface area contributed by atoms with Crippen LogP contribution in [0.15, 0.2) is 29.3 Å². The molecule has 0 atom stereocenters. The average Bonchev–Trinajstić information content (AvgIpc) is 2.72. The monoisotopic (exact) mass is 514 g/mol. The summed E-state index contributed by atoms with van der Waals surface area (Å²) in [6.07, 6.45) is 0. The largest absolute Gasteiger partial charge is 0.383 e. The fourth-order valence-corrected chi connectivity index (χ4v) is 3.00. The first-order valence-electron chi connectivity index (χ1n) is 9.66. The molecule has 0 unspecified atom stereocenters. The van der Waals surface area contributed by atoms with Crippen LogP contribution < -0.4 is 10.6 Å². The predicted octanol–water partition coefficient (Wildman–Crippen LogP) is 1.02. The van der Waals surface area contributed by atoms with Crippen LogP contribution in [0.1, 0.15) is 18.1 Å². The summed E-state index contributed by atoms with van der Waals surface area (Å²) in [7, 11) is 1.62. The maximum atomic E-state index is 11.9. The van der Waals surface area contributed by atoms with Gasteiger partial charge < -0.3 is 20.3 Å². The minimum atomic E-state index is 0. The highest BCUT2D eigenvalue weighted by atomic mass is 127. The molecule has 8 nitrogen and oxygen atoms in total. The number of hydrogen-bond acceptors (Lipinski definition) is 5. The Hall–Kier alpha value is -1.90. The number of carbonyl (C=O) groups is 1. The number of nitrogens with one attached hydrogen (secondary N) is 2. The summed E-state index contributed by atoms with van der Waals surface area (Å²) in [4.78, 5) is 21.0. The van der Waals surface area contributed by atoms with Crippen molar-refractivity contribution in [1.29, 1.82) is 5.26 Å². The lowest BCUT2D eigenvalue weighted by molar-refractivity contribution is -0.122. The fourth-order valence-electron chi connectivity index (χ4n) is 3.00. The molecule has 0 saturated carbocycles. The third-order valence-electron chi connectivity index (χ3n) is 4.47. The zero-order valence-corrected chi connectivity index (χ0v) is 19.5. The van der Waals surface area contributed by atoms with Crippen molar-refractivity contribution in [1.82, 2.24) is 20.4 Å². The second-order valence-electron chi connectivity index (χ2n) is 6.59. The number of hydrogen-bond donors (Lipinski definition) is 2. The molecule has 2 N–H and O–H groups in total. The van der Waals surface area contributed by atoms with E-state index >= 15 is 0 Å². The van der Waals surface area contributed by atoms with Gasteiger partial charge in [0.1, 0.15) is 0 Å². The summed E-state index contributed by atoms with van der Waals surface area (Å²) in [5.74, 6) is 0.900. The highest BCUT2D eigenvalue weighted by Crippen LogP contribution is 2.07. The lowest BCUT2D eigenvalue weighted by Crippen LogP contribution is -2.54. The van der Waals surface area contributed by atoms with Gasteiger partial charge in [0.05, 0.1) is 31.3 Å². The Morgan fingerprint density at radius 2 is 2.03 bits per heavy atom. The number of nitriles is 1. The van der Waals surface area contributed by atoms with Gasteiger partial charge in [0.25, 0.3) is 0 Å². The summed E-state index contributed by atoms with van der Waals surface area (Å²) in [6, 6.07) is 9.69. The van der Waals surface area contributed by atoms with Gasteiger partial charge in [0.2, 0.25) is 5.91 Å². The van der Waals surface area contributed by atoms with Crippen LogP contribution in [-0.4, -0.2) is 81.2 Å². The topological polar surface area (TPSA) is 93.0 Å². The number of ether oxygens (including phenoxy) is 1. The van der Waals surface area contributed by atoms with E-state index in [0.717, 1.165) is 44.2 Å². The molecule has 1 saturated heterocycles. The van der Waals surface area contributed by atoms with Gasteiger partial charge in [-0.3, -0.25) is 9.69 Å². The summed E-state index contributed by atoms with van der Waals surface area (Å²) >= 11 is 0. The molecule has 0 bridgehead atoms. The molecule has 0 aliphatic carbocycles. The third kappa shape index (κ3) is 8.97. The molecule has 9 heteroatoms. The SMILES string of the molecule is CCNC(=NCc1cccc(C#N)c1)N1CCN(CC(=O)NCCOC)CC1.I. The highest BCUT2D eigenvalue weighted by Gasteiger charge is 2.21. The molecule has 0 spiro atoms. The normalized spacial score (nSPS) is 14.7. The molecule has 29 heavy (non-hydrogen) atoms. The molecule has 1 aliphatic rings. The van der Waals surface area contributed by atoms with Gasteiger partial charge in [-0.15, -0.1) is 24.0 Å². The number of benzene rings is 1. The Balaban J connectivity index is 0.00000420. The standard InChI is InChI=1S/C20H30N6O2.HI/c1-3-22-20(24-15-18-6-4-5-17(13-18)14-21)26-10-8-25(9-11-26)16-19(27)23-7-12-28-2;/h4-6,13H,3,7-12,15-16H2,1-2H3,(H,22,24)(H,23,27);1H. The van der Waals surface area contributed by atoms with Gasteiger partial charge in [-0.05, 0) is 24.6 Å². The van der Waals surface area contributed by atoms with E-state index in [9.17, 15) is 4.79 Å². The van der Waals surface area contributed by atoms with Gasteiger partial charge in [-0.25, -0.2) is 4.99 Å². The van der Waals surface area contributed by atoms with Crippen LogP contribution in [0.4, 0.5) is 0 Å². The van der Waals surface area contributed by atoms with Crippen molar-refractivity contribution in [3.8, 4) is 6.07 Å². The minimum absolute atomic E-state index is 0. The van der Waals surface area contributed by atoms with Crippen LogP contribution in [0.5, 0.6) is 0 Å². The van der Waals surface area contributed by atoms with Crippen molar-refractivity contribution in [3.05, 3.63) is 35.4 Å². The van der Waals surface area contributed by atoms with E-state index in [2.05, 4.69) is 26.5 Å². The Morgan fingerprint density at radius 1 is 1.28 bits per heavy atom. The van der Waals surface area contributed by atoms with Crippen molar-refractivity contribution in [3.63, 3.8) is 0 Å². The van der Waals surface area contributed by atoms with E-state index in [1.165, 1.54) is 0 Å². The first kappa shape index (κ1) is 25.1. The smallest absolute Gasteiger partial charge is 0.234 e. The van der Waals surface area contributed by atoms with E-state index in [0.29, 0.717) is 31.8 Å². The number of piperazine rings is 1. The minimum Gasteiger partial charge on any atom is -0.383 e. The predicted molar refractivity (Wildman–Crippen MR) is 124 cm³/mol. The number of amides is 1. The van der Waals surface area contributed by atoms with Gasteiger partial charge in [-0.2, -0.15) is 5.26 Å². The van der Waals surface area contributed by atoms with Crippen molar-refractivity contribution in [2.45, 2.75) is 13.5 Å². The maximum absolute atomic E-state index is 11.9. The molecular formula is C20H31IN6O2. The first-order valence-corrected chi connectivity index (χ1v) is 9.66. The fraction of sp³-hybridized carbons (Fsp3) is 0.550. The lowest BCUT2D eigenvalue weighted by Gasteiger charge is -2.36. The third-order valence-corrected chi connectivity index (χ3v) is 4.47. The molecule has 2 rings (SSSR count). The van der Waals surface area contributed by atoms with Crippen molar-refractivity contribution >= 4 is 35.8 Å². The number of aliphatic imine (C=N–C) groups is 1. The lowest BCUT2D eigenvalue weighted by atomic mass is 10.1. The van der Waals surface area contributed by atoms with Crippen LogP contribution in [-0.2, 0) is 16.1 Å². The number of methoxy groups -OCH3 is 1. The van der Waals surface area contributed by atoms with Crippen molar-refractivity contribution < 1.29 is 9.53 Å². The van der Waals surface area contributed by atoms with Gasteiger partial charge >= 0.3 is 0 Å². The molecule has 1 fully saturated rings. The summed E-state index contributed by atoms with van der Waals surface area (Å²) in [5, 5.41) is 15.2. The van der Waals surface area contributed by atoms with Crippen LogP contribution in [0.2, 0.25) is 0 Å². The van der Waals surface area contributed by atoms with E-state index in [1.54, 1.807) is 13.2 Å². The molecule has 1 aromatic carbocycles. The van der Waals surface area contributed by atoms with Crippen LogP contribution in [0, 0.1) is 11.3 Å². The van der Waals surface area contributed by atoms with Crippen molar-refractivity contribution in [2.24, 2.45) is 4.99 Å². The molecule has 1 amide bonds. The Morgan fingerprint density at radius 3 is 2.69 bits per heavy atom. The number of guanidine groups is 1. The highest BCUT2D eigenvalue weighted by molar-refractivity contribution is 14.0. The average molecular weight is 514 g/mol.